The van der Waals surface area contributed by atoms with Crippen LogP contribution in [0.25, 0.3) is 57.7 Å². The molecular formula is C73H62N4. The van der Waals surface area contributed by atoms with Gasteiger partial charge in [0.2, 0.25) is 0 Å². The van der Waals surface area contributed by atoms with Crippen molar-refractivity contribution in [3.05, 3.63) is 274 Å². The van der Waals surface area contributed by atoms with Gasteiger partial charge in [-0.3, -0.25) is 9.97 Å². The summed E-state index contributed by atoms with van der Waals surface area (Å²) in [6.45, 7) is 18.5. The molecule has 374 valence electrons. The molecule has 8 aromatic carbocycles. The van der Waals surface area contributed by atoms with Crippen molar-refractivity contribution in [3.8, 4) is 33.4 Å². The van der Waals surface area contributed by atoms with Crippen molar-refractivity contribution >= 4 is 58.4 Å². The van der Waals surface area contributed by atoms with E-state index in [4.69, 9.17) is 0 Å². The van der Waals surface area contributed by atoms with Crippen molar-refractivity contribution in [2.45, 2.75) is 71.6 Å². The molecule has 3 aliphatic carbocycles. The van der Waals surface area contributed by atoms with Gasteiger partial charge in [-0.25, -0.2) is 0 Å². The first-order chi connectivity index (χ1) is 37.2. The van der Waals surface area contributed by atoms with E-state index in [1.807, 2.05) is 24.8 Å². The summed E-state index contributed by atoms with van der Waals surface area (Å²) in [5, 5.41) is 0. The first kappa shape index (κ1) is 47.8. The van der Waals surface area contributed by atoms with Crippen molar-refractivity contribution < 1.29 is 0 Å². The maximum Gasteiger partial charge on any atom is 0.0492 e. The van der Waals surface area contributed by atoms with Gasteiger partial charge in [0, 0.05) is 75.2 Å². The number of aromatic nitrogens is 2. The molecule has 4 heteroatoms. The van der Waals surface area contributed by atoms with E-state index in [9.17, 15) is 0 Å². The highest BCUT2D eigenvalue weighted by Gasteiger charge is 2.39. The van der Waals surface area contributed by atoms with E-state index in [2.05, 4.69) is 281 Å². The zero-order chi connectivity index (χ0) is 52.8. The van der Waals surface area contributed by atoms with Crippen LogP contribution < -0.4 is 9.80 Å². The number of nitrogens with zero attached hydrogens (tertiary/aromatic N) is 4. The topological polar surface area (TPSA) is 32.3 Å². The third kappa shape index (κ3) is 8.13. The smallest absolute Gasteiger partial charge is 0.0492 e. The summed E-state index contributed by atoms with van der Waals surface area (Å²) >= 11 is 0. The van der Waals surface area contributed by atoms with Crippen LogP contribution in [0.1, 0.15) is 108 Å². The lowest BCUT2D eigenvalue weighted by molar-refractivity contribution is 0.660. The molecule has 0 saturated carbocycles. The van der Waals surface area contributed by atoms with Gasteiger partial charge in [0.05, 0.1) is 0 Å². The minimum absolute atomic E-state index is 0.151. The molecule has 0 unspecified atom stereocenters. The van der Waals surface area contributed by atoms with Gasteiger partial charge in [-0.2, -0.15) is 0 Å². The second-order valence-electron chi connectivity index (χ2n) is 23.0. The van der Waals surface area contributed by atoms with E-state index in [1.165, 1.54) is 100 Å². The van der Waals surface area contributed by atoms with Crippen molar-refractivity contribution in [2.24, 2.45) is 0 Å². The lowest BCUT2D eigenvalue weighted by atomic mass is 9.81. The molecule has 0 atom stereocenters. The Morgan fingerprint density at radius 1 is 0.273 bits per heavy atom. The maximum absolute atomic E-state index is 4.32. The van der Waals surface area contributed by atoms with Gasteiger partial charge >= 0.3 is 0 Å². The van der Waals surface area contributed by atoms with E-state index in [-0.39, 0.29) is 16.2 Å². The third-order valence-electron chi connectivity index (χ3n) is 17.0. The molecule has 2 heterocycles. The highest BCUT2D eigenvalue weighted by Crippen LogP contribution is 2.54. The van der Waals surface area contributed by atoms with Crippen molar-refractivity contribution in [1.82, 2.24) is 9.97 Å². The molecule has 4 nitrogen and oxygen atoms in total. The minimum Gasteiger partial charge on any atom is -0.310 e. The number of hydrogen-bond donors (Lipinski definition) is 0. The Morgan fingerprint density at radius 3 is 0.792 bits per heavy atom. The first-order valence-corrected chi connectivity index (χ1v) is 27.0. The monoisotopic (exact) mass is 994 g/mol. The van der Waals surface area contributed by atoms with Crippen LogP contribution in [0.4, 0.5) is 34.1 Å². The Bertz CT molecular complexity index is 3750. The molecule has 0 bridgehead atoms. The number of benzene rings is 8. The van der Waals surface area contributed by atoms with Crippen molar-refractivity contribution in [2.75, 3.05) is 9.80 Å². The summed E-state index contributed by atoms with van der Waals surface area (Å²) in [6, 6.07) is 67.8. The van der Waals surface area contributed by atoms with Crippen LogP contribution in [0, 0.1) is 13.8 Å². The zero-order valence-electron chi connectivity index (χ0n) is 45.2. The maximum atomic E-state index is 4.32. The fourth-order valence-electron chi connectivity index (χ4n) is 12.6. The van der Waals surface area contributed by atoms with Gasteiger partial charge in [0.1, 0.15) is 0 Å². The standard InChI is InChI=1S/C73H62N4/c1-47-9-21-53(22-10-47)76(55-33-37-74-38-34-55)57-25-31-63-61-29-19-51(43-67(61)72(5,6)69(63)45-57)15-13-49-17-27-59-60-28-18-50(42-66(60)71(3,4)65(59)41-49)14-16-52-20-30-62-64-32-26-58(46-70(64)73(7,8)68(62)44-52)77(56-35-39-75-40-36-56)54-23-11-48(2)12-24-54/h9-46H,1-8H3/b15-13+,16-14+. The van der Waals surface area contributed by atoms with Gasteiger partial charge in [-0.05, 0) is 176 Å². The van der Waals surface area contributed by atoms with Gasteiger partial charge in [0.25, 0.3) is 0 Å². The molecule has 0 radical (unpaired) electrons. The van der Waals surface area contributed by atoms with Gasteiger partial charge in [0.15, 0.2) is 0 Å². The molecule has 0 fully saturated rings. The second kappa shape index (κ2) is 18.2. The van der Waals surface area contributed by atoms with Crippen LogP contribution in [0.5, 0.6) is 0 Å². The lowest BCUT2D eigenvalue weighted by Crippen LogP contribution is -2.16. The average Bonchev–Trinajstić information content (AvgIpc) is 4.18. The Balaban J connectivity index is 0.730. The molecule has 77 heavy (non-hydrogen) atoms. The summed E-state index contributed by atoms with van der Waals surface area (Å²) < 4.78 is 0. The molecule has 0 aliphatic heterocycles. The van der Waals surface area contributed by atoms with E-state index in [0.717, 1.165) is 34.1 Å². The normalized spacial score (nSPS) is 14.7. The van der Waals surface area contributed by atoms with Crippen LogP contribution in [-0.4, -0.2) is 9.97 Å². The molecule has 0 saturated heterocycles. The Morgan fingerprint density at radius 2 is 0.506 bits per heavy atom. The van der Waals surface area contributed by atoms with Crippen LogP contribution in [0.15, 0.2) is 207 Å². The van der Waals surface area contributed by atoms with E-state index < -0.39 is 0 Å². The van der Waals surface area contributed by atoms with Crippen LogP contribution in [0.2, 0.25) is 0 Å². The zero-order valence-corrected chi connectivity index (χ0v) is 45.2. The van der Waals surface area contributed by atoms with Gasteiger partial charge in [-0.1, -0.05) is 186 Å². The summed E-state index contributed by atoms with van der Waals surface area (Å²) in [4.78, 5) is 13.3. The number of aryl methyl sites for hydroxylation is 2. The molecule has 2 aromatic heterocycles. The molecule has 13 rings (SSSR count). The Labute approximate surface area is 454 Å². The van der Waals surface area contributed by atoms with E-state index >= 15 is 0 Å². The van der Waals surface area contributed by atoms with Crippen LogP contribution in [-0.2, 0) is 16.2 Å². The van der Waals surface area contributed by atoms with Crippen molar-refractivity contribution in [3.63, 3.8) is 0 Å². The highest BCUT2D eigenvalue weighted by atomic mass is 15.1. The summed E-state index contributed by atoms with van der Waals surface area (Å²) in [6.07, 6.45) is 16.6. The van der Waals surface area contributed by atoms with Gasteiger partial charge < -0.3 is 9.80 Å². The highest BCUT2D eigenvalue weighted by molar-refractivity contribution is 5.90. The Hall–Kier alpha value is -8.86. The van der Waals surface area contributed by atoms with E-state index in [0.29, 0.717) is 0 Å². The summed E-state index contributed by atoms with van der Waals surface area (Å²) in [7, 11) is 0. The number of hydrogen-bond acceptors (Lipinski definition) is 4. The molecule has 0 N–H and O–H groups in total. The summed E-state index contributed by atoms with van der Waals surface area (Å²) in [5.74, 6) is 0. The quantitative estimate of drug-likeness (QED) is 0.128. The SMILES string of the molecule is Cc1ccc(N(c2ccncc2)c2ccc3c(c2)C(C)(C)c2cc(/C=C/c4ccc5c(c4)C(C)(C)c4cc(/C=C/c6ccc7c(c6)C(C)(C)c6cc(N(c8ccncc8)c8ccc(C)cc8)ccc6-7)ccc4-5)ccc2-3)cc1. The fraction of sp³-hybridized carbons (Fsp3) is 0.151. The molecular weight excluding hydrogens is 933 g/mol. The predicted molar refractivity (Wildman–Crippen MR) is 324 cm³/mol. The lowest BCUT2D eigenvalue weighted by Gasteiger charge is -2.28. The number of pyridine rings is 2. The second-order valence-corrected chi connectivity index (χ2v) is 23.0. The Kier molecular flexibility index (Phi) is 11.3. The van der Waals surface area contributed by atoms with Crippen LogP contribution >= 0.6 is 0 Å². The summed E-state index contributed by atoms with van der Waals surface area (Å²) in [5.41, 5.74) is 29.5. The molecule has 3 aliphatic rings. The minimum atomic E-state index is -0.178. The first-order valence-electron chi connectivity index (χ1n) is 27.0. The molecule has 0 amide bonds. The molecule has 10 aromatic rings. The fourth-order valence-corrected chi connectivity index (χ4v) is 12.6. The van der Waals surface area contributed by atoms with Gasteiger partial charge in [-0.15, -0.1) is 0 Å². The number of rotatable bonds is 10. The molecule has 0 spiro atoms. The number of anilines is 6. The average molecular weight is 995 g/mol. The predicted octanol–water partition coefficient (Wildman–Crippen LogP) is 19.3. The number of fused-ring (bicyclic) bond motifs is 9. The largest absolute Gasteiger partial charge is 0.310 e. The van der Waals surface area contributed by atoms with Crippen molar-refractivity contribution in [1.29, 1.82) is 0 Å². The van der Waals surface area contributed by atoms with Crippen LogP contribution in [0.3, 0.4) is 0 Å². The van der Waals surface area contributed by atoms with E-state index in [1.54, 1.807) is 0 Å². The third-order valence-corrected chi connectivity index (χ3v) is 17.0.